The molecule has 0 N–H and O–H groups in total. The minimum atomic E-state index is 0.245. The Kier molecular flexibility index (Phi) is 4.26. The lowest BCUT2D eigenvalue weighted by Crippen LogP contribution is -2.04. The summed E-state index contributed by atoms with van der Waals surface area (Å²) < 4.78 is 7.05. The molecule has 3 nitrogen and oxygen atoms in total. The minimum absolute atomic E-state index is 0.245. The molecule has 0 saturated carbocycles. The average molecular weight is 217 g/mol. The maximum Gasteiger partial charge on any atom is 0.159 e. The van der Waals surface area contributed by atoms with Crippen LogP contribution in [0.25, 0.3) is 0 Å². The van der Waals surface area contributed by atoms with Crippen LogP contribution in [0, 0.1) is 0 Å². The Labute approximate surface area is 90.0 Å². The molecule has 0 aromatic carbocycles. The van der Waals surface area contributed by atoms with E-state index in [9.17, 15) is 0 Å². The van der Waals surface area contributed by atoms with Gasteiger partial charge in [-0.1, -0.05) is 6.92 Å². The first-order chi connectivity index (χ1) is 6.69. The number of aryl methyl sites for hydroxylation is 1. The quantitative estimate of drug-likeness (QED) is 0.707. The summed E-state index contributed by atoms with van der Waals surface area (Å²) in [5.41, 5.74) is 1.12. The molecule has 0 saturated heterocycles. The normalized spacial score (nSPS) is 12.9. The zero-order chi connectivity index (χ0) is 10.6. The molecule has 0 amide bonds. The Bertz CT molecular complexity index is 286. The van der Waals surface area contributed by atoms with E-state index >= 15 is 0 Å². The van der Waals surface area contributed by atoms with Gasteiger partial charge in [0.2, 0.25) is 0 Å². The van der Waals surface area contributed by atoms with Crippen molar-refractivity contribution >= 4 is 11.6 Å². The molecule has 0 bridgehead atoms. The van der Waals surface area contributed by atoms with Gasteiger partial charge in [0.25, 0.3) is 0 Å². The van der Waals surface area contributed by atoms with Gasteiger partial charge in [0.1, 0.15) is 0 Å². The largest absolute Gasteiger partial charge is 0.493 e. The van der Waals surface area contributed by atoms with E-state index in [2.05, 4.69) is 12.0 Å². The van der Waals surface area contributed by atoms with Gasteiger partial charge in [0, 0.05) is 12.4 Å². The Morgan fingerprint density at radius 2 is 2.36 bits per heavy atom. The van der Waals surface area contributed by atoms with Gasteiger partial charge in [0.15, 0.2) is 5.75 Å². The number of nitrogens with zero attached hydrogens (tertiary/aromatic N) is 2. The van der Waals surface area contributed by atoms with Crippen LogP contribution in [-0.4, -0.2) is 22.3 Å². The maximum atomic E-state index is 6.06. The van der Waals surface area contributed by atoms with Gasteiger partial charge in [-0.3, -0.25) is 4.68 Å². The first kappa shape index (κ1) is 11.4. The third-order valence-electron chi connectivity index (χ3n) is 2.38. The highest BCUT2D eigenvalue weighted by molar-refractivity contribution is 6.20. The van der Waals surface area contributed by atoms with Gasteiger partial charge >= 0.3 is 0 Å². The molecule has 0 aliphatic carbocycles. The summed E-state index contributed by atoms with van der Waals surface area (Å²) in [6.45, 7) is 2.10. The maximum absolute atomic E-state index is 6.06. The van der Waals surface area contributed by atoms with Gasteiger partial charge in [-0.25, -0.2) is 0 Å². The Balaban J connectivity index is 2.60. The fourth-order valence-corrected chi connectivity index (χ4v) is 1.50. The SMILES string of the molecule is CCC(Cl)CCc1c(OC)cnn1C. The van der Waals surface area contributed by atoms with Crippen molar-refractivity contribution in [3.05, 3.63) is 11.9 Å². The third kappa shape index (κ3) is 2.64. The number of hydrogen-bond acceptors (Lipinski definition) is 2. The highest BCUT2D eigenvalue weighted by Crippen LogP contribution is 2.20. The van der Waals surface area contributed by atoms with Crippen LogP contribution in [0.2, 0.25) is 0 Å². The van der Waals surface area contributed by atoms with E-state index in [1.54, 1.807) is 13.3 Å². The predicted molar refractivity (Wildman–Crippen MR) is 58.0 cm³/mol. The zero-order valence-corrected chi connectivity index (χ0v) is 9.71. The fraction of sp³-hybridized carbons (Fsp3) is 0.700. The molecular formula is C10H17ClN2O. The number of alkyl halides is 1. The molecule has 1 rings (SSSR count). The summed E-state index contributed by atoms with van der Waals surface area (Å²) in [6.07, 6.45) is 4.63. The molecule has 0 aliphatic heterocycles. The van der Waals surface area contributed by atoms with Crippen molar-refractivity contribution in [1.29, 1.82) is 0 Å². The van der Waals surface area contributed by atoms with E-state index < -0.39 is 0 Å². The van der Waals surface area contributed by atoms with Crippen molar-refractivity contribution in [3.8, 4) is 5.75 Å². The van der Waals surface area contributed by atoms with Crippen LogP contribution in [0.1, 0.15) is 25.5 Å². The summed E-state index contributed by atoms with van der Waals surface area (Å²) in [5, 5.41) is 4.38. The second kappa shape index (κ2) is 5.25. The zero-order valence-electron chi connectivity index (χ0n) is 8.96. The molecule has 1 heterocycles. The first-order valence-electron chi connectivity index (χ1n) is 4.88. The number of halogens is 1. The van der Waals surface area contributed by atoms with Crippen molar-refractivity contribution in [2.75, 3.05) is 7.11 Å². The summed E-state index contributed by atoms with van der Waals surface area (Å²) in [4.78, 5) is 0. The standard InChI is InChI=1S/C10H17ClN2O/c1-4-8(11)5-6-9-10(14-3)7-12-13(9)2/h7-8H,4-6H2,1-3H3. The molecule has 0 aliphatic rings. The van der Waals surface area contributed by atoms with Crippen LogP contribution < -0.4 is 4.74 Å². The monoisotopic (exact) mass is 216 g/mol. The van der Waals surface area contributed by atoms with Crippen molar-refractivity contribution in [3.63, 3.8) is 0 Å². The lowest BCUT2D eigenvalue weighted by atomic mass is 10.1. The van der Waals surface area contributed by atoms with Gasteiger partial charge in [-0.15, -0.1) is 11.6 Å². The van der Waals surface area contributed by atoms with Crippen LogP contribution in [-0.2, 0) is 13.5 Å². The Morgan fingerprint density at radius 3 is 2.93 bits per heavy atom. The summed E-state index contributed by atoms with van der Waals surface area (Å²) in [6, 6.07) is 0. The van der Waals surface area contributed by atoms with Crippen LogP contribution in [0.3, 0.4) is 0 Å². The molecule has 0 radical (unpaired) electrons. The average Bonchev–Trinajstić information content (AvgIpc) is 2.55. The van der Waals surface area contributed by atoms with Gasteiger partial charge < -0.3 is 4.74 Å². The fourth-order valence-electron chi connectivity index (χ4n) is 1.40. The molecule has 1 aromatic rings. The lowest BCUT2D eigenvalue weighted by molar-refractivity contribution is 0.407. The predicted octanol–water partition coefficient (Wildman–Crippen LogP) is 2.38. The number of hydrogen-bond donors (Lipinski definition) is 0. The van der Waals surface area contributed by atoms with E-state index in [1.165, 1.54) is 0 Å². The Hall–Kier alpha value is -0.700. The molecule has 1 atom stereocenters. The smallest absolute Gasteiger partial charge is 0.159 e. The van der Waals surface area contributed by atoms with Crippen molar-refractivity contribution in [1.82, 2.24) is 9.78 Å². The molecule has 80 valence electrons. The third-order valence-corrected chi connectivity index (χ3v) is 2.91. The Morgan fingerprint density at radius 1 is 1.64 bits per heavy atom. The van der Waals surface area contributed by atoms with Crippen LogP contribution >= 0.6 is 11.6 Å². The van der Waals surface area contributed by atoms with E-state index in [4.69, 9.17) is 16.3 Å². The van der Waals surface area contributed by atoms with Gasteiger partial charge in [-0.2, -0.15) is 5.10 Å². The highest BCUT2D eigenvalue weighted by atomic mass is 35.5. The topological polar surface area (TPSA) is 27.1 Å². The van der Waals surface area contributed by atoms with Gasteiger partial charge in [0.05, 0.1) is 19.0 Å². The van der Waals surface area contributed by atoms with Crippen LogP contribution in [0.4, 0.5) is 0 Å². The first-order valence-corrected chi connectivity index (χ1v) is 5.31. The molecule has 0 spiro atoms. The van der Waals surface area contributed by atoms with Crippen molar-refractivity contribution in [2.24, 2.45) is 7.05 Å². The van der Waals surface area contributed by atoms with Gasteiger partial charge in [-0.05, 0) is 19.3 Å². The molecule has 1 unspecified atom stereocenters. The second-order valence-electron chi connectivity index (χ2n) is 3.33. The van der Waals surface area contributed by atoms with Crippen LogP contribution in [0.15, 0.2) is 6.20 Å². The lowest BCUT2D eigenvalue weighted by Gasteiger charge is -2.07. The summed E-state index contributed by atoms with van der Waals surface area (Å²) in [5.74, 6) is 0.854. The number of methoxy groups -OCH3 is 1. The minimum Gasteiger partial charge on any atom is -0.493 e. The molecule has 4 heteroatoms. The summed E-state index contributed by atoms with van der Waals surface area (Å²) in [7, 11) is 3.59. The van der Waals surface area contributed by atoms with Crippen molar-refractivity contribution < 1.29 is 4.74 Å². The van der Waals surface area contributed by atoms with E-state index in [0.717, 1.165) is 30.7 Å². The number of rotatable bonds is 5. The van der Waals surface area contributed by atoms with Crippen LogP contribution in [0.5, 0.6) is 5.75 Å². The second-order valence-corrected chi connectivity index (χ2v) is 3.94. The molecule has 1 aromatic heterocycles. The van der Waals surface area contributed by atoms with E-state index in [0.29, 0.717) is 0 Å². The number of ether oxygens (including phenoxy) is 1. The molecule has 14 heavy (non-hydrogen) atoms. The van der Waals surface area contributed by atoms with E-state index in [1.807, 2.05) is 11.7 Å². The van der Waals surface area contributed by atoms with Crippen molar-refractivity contribution in [2.45, 2.75) is 31.6 Å². The molecule has 0 fully saturated rings. The van der Waals surface area contributed by atoms with E-state index in [-0.39, 0.29) is 5.38 Å². The molecular weight excluding hydrogens is 200 g/mol. The highest BCUT2D eigenvalue weighted by Gasteiger charge is 2.10. The number of aromatic nitrogens is 2. The summed E-state index contributed by atoms with van der Waals surface area (Å²) >= 11 is 6.06.